The Hall–Kier alpha value is -0.330. The molecule has 0 aliphatic rings. The number of rotatable bonds is 6. The zero-order chi connectivity index (χ0) is 15.6. The number of hydrogen-bond acceptors (Lipinski definition) is 2. The average molecular weight is 420 g/mol. The van der Waals surface area contributed by atoms with E-state index < -0.39 is 0 Å². The van der Waals surface area contributed by atoms with Crippen LogP contribution in [-0.2, 0) is 0 Å². The van der Waals surface area contributed by atoms with Crippen molar-refractivity contribution in [3.8, 4) is 0 Å². The van der Waals surface area contributed by atoms with Crippen LogP contribution in [0.15, 0.2) is 18.2 Å². The van der Waals surface area contributed by atoms with Crippen LogP contribution >= 0.6 is 34.2 Å². The molecule has 2 unspecified atom stereocenters. The fourth-order valence-corrected chi connectivity index (χ4v) is 3.40. The monoisotopic (exact) mass is 419 g/mol. The molecule has 0 saturated carbocycles. The highest BCUT2D eigenvalue weighted by Gasteiger charge is 2.20. The number of fused-ring (bicyclic) bond motifs is 1. The van der Waals surface area contributed by atoms with Crippen LogP contribution in [0.25, 0.3) is 11.0 Å². The second-order valence-electron chi connectivity index (χ2n) is 5.42. The Morgan fingerprint density at radius 1 is 1.29 bits per heavy atom. The van der Waals surface area contributed by atoms with Crippen LogP contribution < -0.4 is 0 Å². The lowest BCUT2D eigenvalue weighted by molar-refractivity contribution is 0.261. The summed E-state index contributed by atoms with van der Waals surface area (Å²) < 4.78 is 3.51. The number of likely N-dealkylation sites (N-methyl/N-ethyl adjacent to an activating group) is 1. The maximum absolute atomic E-state index is 6.37. The molecule has 2 atom stereocenters. The molecule has 0 aliphatic heterocycles. The third-order valence-corrected chi connectivity index (χ3v) is 4.76. The first-order valence-electron chi connectivity index (χ1n) is 7.51. The summed E-state index contributed by atoms with van der Waals surface area (Å²) in [5, 5.41) is -0.0887. The van der Waals surface area contributed by atoms with E-state index in [-0.39, 0.29) is 5.38 Å². The lowest BCUT2D eigenvalue weighted by atomic mass is 10.2. The number of nitrogens with zero attached hydrogens (tertiary/aromatic N) is 3. The van der Waals surface area contributed by atoms with Gasteiger partial charge in [-0.25, -0.2) is 4.98 Å². The molecule has 0 bridgehead atoms. The largest absolute Gasteiger partial charge is 0.323 e. The van der Waals surface area contributed by atoms with Crippen molar-refractivity contribution in [3.05, 3.63) is 27.6 Å². The summed E-state index contributed by atoms with van der Waals surface area (Å²) in [7, 11) is 0. The zero-order valence-corrected chi connectivity index (χ0v) is 16.0. The van der Waals surface area contributed by atoms with Crippen molar-refractivity contribution >= 4 is 45.2 Å². The highest BCUT2D eigenvalue weighted by Crippen LogP contribution is 2.29. The number of imidazole rings is 1. The van der Waals surface area contributed by atoms with Gasteiger partial charge in [0.1, 0.15) is 5.82 Å². The van der Waals surface area contributed by atoms with Gasteiger partial charge >= 0.3 is 0 Å². The van der Waals surface area contributed by atoms with Crippen molar-refractivity contribution in [3.63, 3.8) is 0 Å². The Bertz CT molecular complexity index is 605. The second kappa shape index (κ2) is 7.29. The number of hydrogen-bond donors (Lipinski definition) is 0. The van der Waals surface area contributed by atoms with Gasteiger partial charge < -0.3 is 9.47 Å². The lowest BCUT2D eigenvalue weighted by Gasteiger charge is -2.25. The van der Waals surface area contributed by atoms with E-state index in [2.05, 4.69) is 71.0 Å². The SMILES string of the molecule is CCN(CC)CC(C)n1c(C(C)Cl)nc2cc(I)ccc21. The summed E-state index contributed by atoms with van der Waals surface area (Å²) in [6, 6.07) is 6.77. The number of halogens is 2. The molecule has 0 saturated heterocycles. The van der Waals surface area contributed by atoms with Gasteiger partial charge in [-0.3, -0.25) is 0 Å². The fraction of sp³-hybridized carbons (Fsp3) is 0.562. The first-order chi connectivity index (χ1) is 9.97. The minimum absolute atomic E-state index is 0.0887. The molecule has 1 heterocycles. The summed E-state index contributed by atoms with van der Waals surface area (Å²) in [6.07, 6.45) is 0. The molecule has 0 fully saturated rings. The summed E-state index contributed by atoms with van der Waals surface area (Å²) in [5.74, 6) is 0.966. The van der Waals surface area contributed by atoms with Crippen molar-refractivity contribution < 1.29 is 0 Å². The third kappa shape index (κ3) is 3.71. The minimum atomic E-state index is -0.0887. The van der Waals surface area contributed by atoms with Crippen molar-refractivity contribution in [2.24, 2.45) is 0 Å². The van der Waals surface area contributed by atoms with E-state index >= 15 is 0 Å². The molecule has 2 aromatic rings. The van der Waals surface area contributed by atoms with Gasteiger partial charge in [0.2, 0.25) is 0 Å². The van der Waals surface area contributed by atoms with Gasteiger partial charge in [0.25, 0.3) is 0 Å². The Labute approximate surface area is 145 Å². The molecule has 116 valence electrons. The number of benzene rings is 1. The molecule has 0 aliphatic carbocycles. The van der Waals surface area contributed by atoms with E-state index in [9.17, 15) is 0 Å². The zero-order valence-electron chi connectivity index (χ0n) is 13.1. The highest BCUT2D eigenvalue weighted by atomic mass is 127. The highest BCUT2D eigenvalue weighted by molar-refractivity contribution is 14.1. The predicted octanol–water partition coefficient (Wildman–Crippen LogP) is 4.84. The molecule has 0 spiro atoms. The molecule has 2 rings (SSSR count). The molecule has 0 radical (unpaired) electrons. The quantitative estimate of drug-likeness (QED) is 0.493. The van der Waals surface area contributed by atoms with E-state index in [1.54, 1.807) is 0 Å². The molecule has 0 N–H and O–H groups in total. The van der Waals surface area contributed by atoms with Crippen molar-refractivity contribution in [1.29, 1.82) is 0 Å². The fourth-order valence-electron chi connectivity index (χ4n) is 2.77. The number of alkyl halides is 1. The van der Waals surface area contributed by atoms with Crippen molar-refractivity contribution in [2.45, 2.75) is 39.1 Å². The van der Waals surface area contributed by atoms with Gasteiger partial charge in [-0.05, 0) is 67.7 Å². The first kappa shape index (κ1) is 17.0. The van der Waals surface area contributed by atoms with Gasteiger partial charge in [-0.15, -0.1) is 11.6 Å². The maximum Gasteiger partial charge on any atom is 0.128 e. The summed E-state index contributed by atoms with van der Waals surface area (Å²) in [6.45, 7) is 11.8. The molecular weight excluding hydrogens is 397 g/mol. The Morgan fingerprint density at radius 3 is 2.52 bits per heavy atom. The lowest BCUT2D eigenvalue weighted by Crippen LogP contribution is -2.30. The summed E-state index contributed by atoms with van der Waals surface area (Å²) in [4.78, 5) is 7.20. The first-order valence-corrected chi connectivity index (χ1v) is 9.03. The van der Waals surface area contributed by atoms with Crippen LogP contribution in [0.1, 0.15) is 44.9 Å². The van der Waals surface area contributed by atoms with Crippen LogP contribution in [0.4, 0.5) is 0 Å². The van der Waals surface area contributed by atoms with E-state index in [1.807, 2.05) is 6.92 Å². The van der Waals surface area contributed by atoms with Crippen LogP contribution in [0, 0.1) is 3.57 Å². The van der Waals surface area contributed by atoms with Gasteiger partial charge in [0.15, 0.2) is 0 Å². The Balaban J connectivity index is 2.47. The van der Waals surface area contributed by atoms with Gasteiger partial charge in [0.05, 0.1) is 16.4 Å². The van der Waals surface area contributed by atoms with Crippen LogP contribution in [0.3, 0.4) is 0 Å². The molecule has 21 heavy (non-hydrogen) atoms. The molecule has 3 nitrogen and oxygen atoms in total. The number of aromatic nitrogens is 2. The topological polar surface area (TPSA) is 21.1 Å². The van der Waals surface area contributed by atoms with Gasteiger partial charge in [-0.2, -0.15) is 0 Å². The minimum Gasteiger partial charge on any atom is -0.323 e. The van der Waals surface area contributed by atoms with Gasteiger partial charge in [-0.1, -0.05) is 13.8 Å². The summed E-state index contributed by atoms with van der Waals surface area (Å²) >= 11 is 8.69. The van der Waals surface area contributed by atoms with Crippen molar-refractivity contribution in [2.75, 3.05) is 19.6 Å². The molecule has 1 aromatic carbocycles. The van der Waals surface area contributed by atoms with E-state index in [4.69, 9.17) is 16.6 Å². The Morgan fingerprint density at radius 2 is 1.95 bits per heavy atom. The molecular formula is C16H23ClIN3. The molecule has 1 aromatic heterocycles. The van der Waals surface area contributed by atoms with Crippen LogP contribution in [-0.4, -0.2) is 34.1 Å². The van der Waals surface area contributed by atoms with E-state index in [0.29, 0.717) is 6.04 Å². The standard InChI is InChI=1S/C16H23ClIN3/c1-5-20(6-2)10-11(3)21-15-8-7-13(18)9-14(15)19-16(21)12(4)17/h7-9,11-12H,5-6,10H2,1-4H3. The smallest absolute Gasteiger partial charge is 0.128 e. The van der Waals surface area contributed by atoms with Crippen LogP contribution in [0.5, 0.6) is 0 Å². The second-order valence-corrected chi connectivity index (χ2v) is 7.32. The van der Waals surface area contributed by atoms with Gasteiger partial charge in [0, 0.05) is 16.2 Å². The van der Waals surface area contributed by atoms with E-state index in [1.165, 1.54) is 9.09 Å². The Kier molecular flexibility index (Phi) is 5.91. The molecule has 0 amide bonds. The average Bonchev–Trinajstić information content (AvgIpc) is 2.83. The van der Waals surface area contributed by atoms with Crippen LogP contribution in [0.2, 0.25) is 0 Å². The normalized spacial score (nSPS) is 14.8. The maximum atomic E-state index is 6.37. The van der Waals surface area contributed by atoms with E-state index in [0.717, 1.165) is 31.0 Å². The summed E-state index contributed by atoms with van der Waals surface area (Å²) in [5.41, 5.74) is 2.22. The molecule has 5 heteroatoms. The van der Waals surface area contributed by atoms with Crippen molar-refractivity contribution in [1.82, 2.24) is 14.5 Å². The predicted molar refractivity (Wildman–Crippen MR) is 99.2 cm³/mol. The third-order valence-electron chi connectivity index (χ3n) is 3.89.